The average Bonchev–Trinajstić information content (AvgIpc) is 3.12. The minimum atomic E-state index is -1.01. The Hall–Kier alpha value is -5.17. The Morgan fingerprint density at radius 3 is 1.52 bits per heavy atom. The third-order valence-corrected chi connectivity index (χ3v) is 10.4. The second-order valence-corrected chi connectivity index (χ2v) is 15.2. The van der Waals surface area contributed by atoms with Gasteiger partial charge >= 0.3 is 11.9 Å². The summed E-state index contributed by atoms with van der Waals surface area (Å²) in [4.78, 5) is 37.9. The molecule has 0 aromatic heterocycles. The fourth-order valence-corrected chi connectivity index (χ4v) is 7.27. The maximum absolute atomic E-state index is 12.8. The van der Waals surface area contributed by atoms with E-state index < -0.39 is 24.4 Å². The number of hydrogen-bond acceptors (Lipinski definition) is 10. The summed E-state index contributed by atoms with van der Waals surface area (Å²) in [6, 6.07) is 21.5. The van der Waals surface area contributed by atoms with Crippen LogP contribution in [-0.4, -0.2) is 36.5 Å². The molecule has 0 heterocycles. The van der Waals surface area contributed by atoms with Crippen LogP contribution in [0.3, 0.4) is 0 Å². The van der Waals surface area contributed by atoms with Gasteiger partial charge in [-0.05, 0) is 116 Å². The number of hydrogen-bond donors (Lipinski definition) is 3. The lowest BCUT2D eigenvalue weighted by Gasteiger charge is -2.27. The largest absolute Gasteiger partial charge is 0.486 e. The molecule has 15 heteroatoms. The number of carbonyl (C=O) groups is 3. The highest BCUT2D eigenvalue weighted by Gasteiger charge is 2.21. The third kappa shape index (κ3) is 10.8. The van der Waals surface area contributed by atoms with Crippen LogP contribution >= 0.6 is 46.4 Å². The molecule has 288 valence electrons. The molecule has 2 fully saturated rings. The van der Waals surface area contributed by atoms with E-state index in [4.69, 9.17) is 60.6 Å². The van der Waals surface area contributed by atoms with Gasteiger partial charge in [0.25, 0.3) is 5.91 Å². The van der Waals surface area contributed by atoms with E-state index in [9.17, 15) is 24.9 Å². The van der Waals surface area contributed by atoms with Crippen molar-refractivity contribution in [2.45, 2.75) is 70.2 Å². The van der Waals surface area contributed by atoms with Crippen molar-refractivity contribution in [2.24, 2.45) is 0 Å². The number of nitrogens with zero attached hydrogens (tertiary/aromatic N) is 2. The van der Waals surface area contributed by atoms with Gasteiger partial charge < -0.3 is 30.2 Å². The number of carbonyl (C=O) groups excluding carboxylic acids is 3. The monoisotopic (exact) mass is 833 g/mol. The van der Waals surface area contributed by atoms with Gasteiger partial charge in [0.05, 0.1) is 49.8 Å². The molecule has 3 N–H and O–H groups in total. The summed E-state index contributed by atoms with van der Waals surface area (Å²) < 4.78 is 16.7. The molecule has 56 heavy (non-hydrogen) atoms. The van der Waals surface area contributed by atoms with Crippen LogP contribution in [-0.2, 0) is 34.0 Å². The van der Waals surface area contributed by atoms with Gasteiger partial charge in [0.15, 0.2) is 11.5 Å². The molecule has 0 spiro atoms. The van der Waals surface area contributed by atoms with E-state index in [-0.39, 0.29) is 56.8 Å². The highest BCUT2D eigenvalue weighted by Crippen LogP contribution is 2.37. The predicted molar refractivity (Wildman–Crippen MR) is 214 cm³/mol. The summed E-state index contributed by atoms with van der Waals surface area (Å²) in [6.45, 7) is -0.470. The minimum absolute atomic E-state index is 0.0417. The van der Waals surface area contributed by atoms with Crippen LogP contribution in [0.4, 0.5) is 11.4 Å². The first kappa shape index (κ1) is 40.5. The first-order chi connectivity index (χ1) is 27.0. The van der Waals surface area contributed by atoms with Crippen LogP contribution < -0.4 is 25.4 Å². The summed E-state index contributed by atoms with van der Waals surface area (Å²) in [7, 11) is 0. The number of rotatable bonds is 15. The zero-order valence-electron chi connectivity index (χ0n) is 29.9. The maximum Gasteiger partial charge on any atom is 0.333 e. The van der Waals surface area contributed by atoms with Crippen molar-refractivity contribution in [3.05, 3.63) is 114 Å². The summed E-state index contributed by atoms with van der Waals surface area (Å²) in [5, 5.41) is 28.6. The van der Waals surface area contributed by atoms with Gasteiger partial charge in [0, 0.05) is 29.0 Å². The number of ether oxygens (including phenoxy) is 3. The molecule has 6 rings (SSSR count). The van der Waals surface area contributed by atoms with Gasteiger partial charge in [0.1, 0.15) is 19.8 Å². The summed E-state index contributed by atoms with van der Waals surface area (Å²) in [6.07, 6.45) is 6.32. The molecule has 2 aliphatic rings. The first-order valence-corrected chi connectivity index (χ1v) is 19.3. The van der Waals surface area contributed by atoms with Crippen molar-refractivity contribution in [3.63, 3.8) is 0 Å². The van der Waals surface area contributed by atoms with E-state index in [0.29, 0.717) is 28.8 Å². The third-order valence-electron chi connectivity index (χ3n) is 9.25. The molecule has 0 bridgehead atoms. The lowest BCUT2D eigenvalue weighted by molar-refractivity contribution is -0.158. The Morgan fingerprint density at radius 2 is 1.09 bits per heavy atom. The summed E-state index contributed by atoms with van der Waals surface area (Å²) >= 11 is 25.8. The van der Waals surface area contributed by atoms with Gasteiger partial charge in [0.2, 0.25) is 0 Å². The molecular weight excluding hydrogens is 800 g/mol. The molecule has 0 radical (unpaired) electrons. The maximum atomic E-state index is 12.8. The number of nitriles is 2. The summed E-state index contributed by atoms with van der Waals surface area (Å²) in [5.74, 6) is -2.27. The molecule has 0 unspecified atom stereocenters. The number of nitrogens with one attached hydrogen (secondary N) is 3. The second kappa shape index (κ2) is 18.6. The Morgan fingerprint density at radius 1 is 0.625 bits per heavy atom. The van der Waals surface area contributed by atoms with Crippen molar-refractivity contribution in [1.29, 1.82) is 10.5 Å². The number of benzene rings is 4. The van der Waals surface area contributed by atoms with E-state index in [1.165, 1.54) is 37.1 Å². The fourth-order valence-electron chi connectivity index (χ4n) is 6.04. The Labute approximate surface area is 343 Å². The Kier molecular flexibility index (Phi) is 13.5. The summed E-state index contributed by atoms with van der Waals surface area (Å²) in [5.41, 5.74) is 4.51. The number of halogens is 4. The molecule has 4 aromatic rings. The minimum Gasteiger partial charge on any atom is -0.486 e. The second-order valence-electron chi connectivity index (χ2n) is 13.5. The zero-order chi connectivity index (χ0) is 39.8. The standard InChI is InChI=1S/C41H35Cl4N5O6/c42-33-13-23(14-34(43)39(33)54-21-26-7-24(18-46)9-31(11-26)49-29-3-1-4-29)15-37(51)56-38(52)20-48-41(53)28-16-35(44)40(36(45)17-28)55-22-27-8-25(19-47)10-32(12-27)50-30-5-2-6-30/h7-14,16-17,29-30,49-50H,1-6,15,20-22H2,(H,48,53). The van der Waals surface area contributed by atoms with E-state index in [2.05, 4.69) is 28.1 Å². The van der Waals surface area contributed by atoms with Gasteiger partial charge in [-0.2, -0.15) is 10.5 Å². The number of amides is 1. The molecule has 2 saturated carbocycles. The molecule has 0 aliphatic heterocycles. The average molecular weight is 836 g/mol. The van der Waals surface area contributed by atoms with Gasteiger partial charge in [-0.25, -0.2) is 4.79 Å². The SMILES string of the molecule is N#Cc1cc(COc2c(Cl)cc(CC(=O)OC(=O)CNC(=O)c3cc(Cl)c(OCc4cc(C#N)cc(NC5CCC5)c4)c(Cl)c3)cc2Cl)cc(NC2CCC2)c1. The topological polar surface area (TPSA) is 163 Å². The molecule has 1 amide bonds. The van der Waals surface area contributed by atoms with E-state index in [1.807, 2.05) is 12.1 Å². The highest BCUT2D eigenvalue weighted by molar-refractivity contribution is 6.38. The lowest BCUT2D eigenvalue weighted by Crippen LogP contribution is -2.32. The van der Waals surface area contributed by atoms with E-state index in [1.54, 1.807) is 24.3 Å². The molecule has 11 nitrogen and oxygen atoms in total. The number of anilines is 2. The molecule has 0 atom stereocenters. The lowest BCUT2D eigenvalue weighted by atomic mass is 9.93. The fraction of sp³-hybridized carbons (Fsp3) is 0.293. The normalized spacial score (nSPS) is 13.6. The van der Waals surface area contributed by atoms with Crippen LogP contribution in [0.5, 0.6) is 11.5 Å². The molecular formula is C41H35Cl4N5O6. The van der Waals surface area contributed by atoms with Crippen molar-refractivity contribution in [1.82, 2.24) is 5.32 Å². The van der Waals surface area contributed by atoms with Gasteiger partial charge in [-0.3, -0.25) is 9.59 Å². The highest BCUT2D eigenvalue weighted by atomic mass is 35.5. The molecule has 2 aliphatic carbocycles. The number of esters is 2. The van der Waals surface area contributed by atoms with Crippen LogP contribution in [0.15, 0.2) is 60.7 Å². The Bertz CT molecular complexity index is 2200. The van der Waals surface area contributed by atoms with Crippen LogP contribution in [0.25, 0.3) is 0 Å². The van der Waals surface area contributed by atoms with Crippen LogP contribution in [0.2, 0.25) is 20.1 Å². The van der Waals surface area contributed by atoms with Crippen molar-refractivity contribution < 1.29 is 28.6 Å². The van der Waals surface area contributed by atoms with Crippen LogP contribution in [0, 0.1) is 22.7 Å². The predicted octanol–water partition coefficient (Wildman–Crippen LogP) is 9.17. The van der Waals surface area contributed by atoms with E-state index in [0.717, 1.165) is 48.2 Å². The smallest absolute Gasteiger partial charge is 0.333 e. The molecule has 4 aromatic carbocycles. The molecule has 0 saturated heterocycles. The van der Waals surface area contributed by atoms with Gasteiger partial charge in [-0.15, -0.1) is 0 Å². The van der Waals surface area contributed by atoms with Crippen molar-refractivity contribution >= 4 is 75.6 Å². The quantitative estimate of drug-likeness (QED) is 0.0778. The Balaban J connectivity index is 0.976. The van der Waals surface area contributed by atoms with Crippen LogP contribution in [0.1, 0.15) is 76.7 Å². The van der Waals surface area contributed by atoms with Crippen molar-refractivity contribution in [2.75, 3.05) is 17.2 Å². The first-order valence-electron chi connectivity index (χ1n) is 17.8. The van der Waals surface area contributed by atoms with Crippen molar-refractivity contribution in [3.8, 4) is 23.6 Å². The van der Waals surface area contributed by atoms with Gasteiger partial charge in [-0.1, -0.05) is 46.4 Å². The van der Waals surface area contributed by atoms with E-state index >= 15 is 0 Å². The zero-order valence-corrected chi connectivity index (χ0v) is 32.9.